The summed E-state index contributed by atoms with van der Waals surface area (Å²) < 4.78 is 41.9. The van der Waals surface area contributed by atoms with Crippen LogP contribution in [0.1, 0.15) is 25.7 Å². The third-order valence-electron chi connectivity index (χ3n) is 5.82. The monoisotopic (exact) mass is 460 g/mol. The lowest BCUT2D eigenvalue weighted by atomic mass is 9.94. The first-order valence-electron chi connectivity index (χ1n) is 9.37. The van der Waals surface area contributed by atoms with Crippen molar-refractivity contribution in [2.45, 2.75) is 42.2 Å². The highest BCUT2D eigenvalue weighted by molar-refractivity contribution is 7.93. The van der Waals surface area contributed by atoms with Crippen LogP contribution in [0.25, 0.3) is 0 Å². The topological polar surface area (TPSA) is 94.6 Å². The second kappa shape index (κ2) is 7.99. The number of sulfonamides is 1. The lowest BCUT2D eigenvalue weighted by Crippen LogP contribution is -2.48. The van der Waals surface area contributed by atoms with E-state index in [2.05, 4.69) is 19.9 Å². The van der Waals surface area contributed by atoms with Crippen LogP contribution < -0.4 is 10.0 Å². The molecule has 0 unspecified atom stereocenters. The van der Waals surface area contributed by atoms with E-state index in [1.54, 1.807) is 5.38 Å². The zero-order chi connectivity index (χ0) is 20.6. The minimum atomic E-state index is -4.14. The number of nitrogens with one attached hydrogen (secondary N) is 2. The summed E-state index contributed by atoms with van der Waals surface area (Å²) in [5, 5.41) is 14.7. The molecule has 2 atom stereocenters. The van der Waals surface area contributed by atoms with Crippen LogP contribution >= 0.6 is 22.9 Å². The van der Waals surface area contributed by atoms with Crippen molar-refractivity contribution in [2.75, 3.05) is 29.7 Å². The van der Waals surface area contributed by atoms with E-state index in [-0.39, 0.29) is 28.3 Å². The van der Waals surface area contributed by atoms with Crippen molar-refractivity contribution in [2.24, 2.45) is 0 Å². The van der Waals surface area contributed by atoms with E-state index in [9.17, 15) is 17.9 Å². The maximum absolute atomic E-state index is 14.7. The van der Waals surface area contributed by atoms with E-state index in [0.29, 0.717) is 12.2 Å². The van der Waals surface area contributed by atoms with Crippen LogP contribution in [-0.4, -0.2) is 54.7 Å². The average Bonchev–Trinajstić information content (AvgIpc) is 3.38. The molecule has 2 aromatic rings. The molecule has 0 saturated carbocycles. The van der Waals surface area contributed by atoms with Crippen LogP contribution in [0.3, 0.4) is 0 Å². The summed E-state index contributed by atoms with van der Waals surface area (Å²) in [5.74, 6) is -0.888. The van der Waals surface area contributed by atoms with Gasteiger partial charge in [-0.2, -0.15) is 0 Å². The standard InChI is InChI=1S/C18H22ClFN4O3S2/c19-13-8-16(29(26,27)23-17-21-5-7-28-17)14(20)9-15(13)22-11-18-3-1-6-24(18)12(10-25)2-4-18/h5,7-9,12,22,25H,1-4,6,10-11H2,(H,21,23)/t12-,18-/m0/s1. The lowest BCUT2D eigenvalue weighted by Gasteiger charge is -2.35. The molecule has 2 fully saturated rings. The predicted octanol–water partition coefficient (Wildman–Crippen LogP) is 3.14. The molecule has 7 nitrogen and oxygen atoms in total. The van der Waals surface area contributed by atoms with E-state index >= 15 is 0 Å². The summed E-state index contributed by atoms with van der Waals surface area (Å²) in [4.78, 5) is 5.66. The second-order valence-corrected chi connectivity index (χ2v) is 10.4. The molecule has 0 bridgehead atoms. The number of hydrogen-bond donors (Lipinski definition) is 3. The largest absolute Gasteiger partial charge is 0.395 e. The van der Waals surface area contributed by atoms with Crippen LogP contribution in [0.2, 0.25) is 5.02 Å². The molecule has 158 valence electrons. The van der Waals surface area contributed by atoms with Gasteiger partial charge in [0.05, 0.1) is 17.3 Å². The maximum Gasteiger partial charge on any atom is 0.266 e. The number of rotatable bonds is 7. The van der Waals surface area contributed by atoms with Crippen molar-refractivity contribution in [3.05, 3.63) is 34.5 Å². The summed E-state index contributed by atoms with van der Waals surface area (Å²) in [5.41, 5.74) is 0.274. The Balaban J connectivity index is 1.52. The average molecular weight is 461 g/mol. The molecule has 4 rings (SSSR count). The van der Waals surface area contributed by atoms with E-state index in [0.717, 1.165) is 55.7 Å². The van der Waals surface area contributed by atoms with Gasteiger partial charge in [0, 0.05) is 29.7 Å². The van der Waals surface area contributed by atoms with Crippen LogP contribution in [0.15, 0.2) is 28.6 Å². The number of hydrogen-bond acceptors (Lipinski definition) is 7. The quantitative estimate of drug-likeness (QED) is 0.587. The highest BCUT2D eigenvalue weighted by Crippen LogP contribution is 2.42. The summed E-state index contributed by atoms with van der Waals surface area (Å²) in [7, 11) is -4.14. The first kappa shape index (κ1) is 20.8. The molecule has 0 aliphatic carbocycles. The van der Waals surface area contributed by atoms with Gasteiger partial charge in [-0.25, -0.2) is 17.8 Å². The second-order valence-electron chi connectivity index (χ2n) is 7.46. The van der Waals surface area contributed by atoms with Crippen LogP contribution in [0.4, 0.5) is 15.2 Å². The molecule has 11 heteroatoms. The molecule has 0 radical (unpaired) electrons. The molecule has 1 aromatic heterocycles. The van der Waals surface area contributed by atoms with Crippen LogP contribution in [-0.2, 0) is 10.0 Å². The molecule has 2 saturated heterocycles. The smallest absolute Gasteiger partial charge is 0.266 e. The number of thiazole rings is 1. The number of anilines is 2. The summed E-state index contributed by atoms with van der Waals surface area (Å²) >= 11 is 7.38. The zero-order valence-corrected chi connectivity index (χ0v) is 18.0. The fourth-order valence-electron chi connectivity index (χ4n) is 4.43. The van der Waals surface area contributed by atoms with Crippen molar-refractivity contribution in [3.63, 3.8) is 0 Å². The van der Waals surface area contributed by atoms with Crippen molar-refractivity contribution < 1.29 is 17.9 Å². The molecule has 3 N–H and O–H groups in total. The van der Waals surface area contributed by atoms with Gasteiger partial charge in [0.1, 0.15) is 10.7 Å². The minimum absolute atomic E-state index is 0.0790. The Morgan fingerprint density at radius 2 is 2.24 bits per heavy atom. The third-order valence-corrected chi connectivity index (χ3v) is 8.30. The summed E-state index contributed by atoms with van der Waals surface area (Å²) in [6, 6.07) is 2.40. The first-order valence-corrected chi connectivity index (χ1v) is 12.1. The number of fused-ring (bicyclic) bond motifs is 1. The van der Waals surface area contributed by atoms with Crippen molar-refractivity contribution in [1.82, 2.24) is 9.88 Å². The van der Waals surface area contributed by atoms with Gasteiger partial charge in [-0.1, -0.05) is 11.6 Å². The Hall–Kier alpha value is -1.46. The van der Waals surface area contributed by atoms with Crippen LogP contribution in [0.5, 0.6) is 0 Å². The number of benzene rings is 1. The Morgan fingerprint density at radius 3 is 2.97 bits per heavy atom. The number of halogens is 2. The molecule has 0 amide bonds. The summed E-state index contributed by atoms with van der Waals surface area (Å²) in [6.45, 7) is 1.64. The fourth-order valence-corrected chi connectivity index (χ4v) is 6.60. The maximum atomic E-state index is 14.7. The molecule has 2 aliphatic rings. The molecule has 1 aromatic carbocycles. The molecular formula is C18H22ClFN4O3S2. The highest BCUT2D eigenvalue weighted by Gasteiger charge is 2.48. The molecule has 2 aliphatic heterocycles. The van der Waals surface area contributed by atoms with Crippen molar-refractivity contribution in [1.29, 1.82) is 0 Å². The Kier molecular flexibility index (Phi) is 5.73. The predicted molar refractivity (Wildman–Crippen MR) is 112 cm³/mol. The van der Waals surface area contributed by atoms with Gasteiger partial charge in [0.25, 0.3) is 10.0 Å². The number of aliphatic hydroxyl groups excluding tert-OH is 1. The van der Waals surface area contributed by atoms with Gasteiger partial charge >= 0.3 is 0 Å². The van der Waals surface area contributed by atoms with E-state index in [4.69, 9.17) is 11.6 Å². The number of nitrogens with zero attached hydrogens (tertiary/aromatic N) is 2. The number of aromatic nitrogens is 1. The molecule has 0 spiro atoms. The minimum Gasteiger partial charge on any atom is -0.395 e. The Morgan fingerprint density at radius 1 is 1.41 bits per heavy atom. The van der Waals surface area contributed by atoms with Gasteiger partial charge in [-0.3, -0.25) is 9.62 Å². The van der Waals surface area contributed by atoms with Gasteiger partial charge < -0.3 is 10.4 Å². The fraction of sp³-hybridized carbons (Fsp3) is 0.500. The van der Waals surface area contributed by atoms with Gasteiger partial charge in [-0.15, -0.1) is 11.3 Å². The zero-order valence-electron chi connectivity index (χ0n) is 15.6. The Labute approximate surface area is 178 Å². The third kappa shape index (κ3) is 3.96. The van der Waals surface area contributed by atoms with Gasteiger partial charge in [-0.05, 0) is 44.4 Å². The highest BCUT2D eigenvalue weighted by atomic mass is 35.5. The molecule has 3 heterocycles. The van der Waals surface area contributed by atoms with Crippen LogP contribution in [0, 0.1) is 5.82 Å². The molecule has 29 heavy (non-hydrogen) atoms. The number of aliphatic hydroxyl groups is 1. The van der Waals surface area contributed by atoms with E-state index < -0.39 is 20.7 Å². The van der Waals surface area contributed by atoms with Gasteiger partial charge in [0.2, 0.25) is 0 Å². The SMILES string of the molecule is O=S(=O)(Nc1nccs1)c1cc(Cl)c(NC[C@@]23CCCN2[C@H](CO)CC3)cc1F. The van der Waals surface area contributed by atoms with Crippen molar-refractivity contribution in [3.8, 4) is 0 Å². The summed E-state index contributed by atoms with van der Waals surface area (Å²) in [6.07, 6.45) is 5.39. The lowest BCUT2D eigenvalue weighted by molar-refractivity contribution is 0.113. The first-order chi connectivity index (χ1) is 13.8. The Bertz CT molecular complexity index is 989. The van der Waals surface area contributed by atoms with Crippen molar-refractivity contribution >= 4 is 43.8 Å². The normalized spacial score (nSPS) is 24.6. The van der Waals surface area contributed by atoms with Gasteiger partial charge in [0.15, 0.2) is 5.13 Å². The van der Waals surface area contributed by atoms with E-state index in [1.165, 1.54) is 6.20 Å². The molecular weight excluding hydrogens is 439 g/mol. The van der Waals surface area contributed by atoms with E-state index in [1.807, 2.05) is 0 Å².